The van der Waals surface area contributed by atoms with Gasteiger partial charge >= 0.3 is 0 Å². The molecule has 0 N–H and O–H groups in total. The van der Waals surface area contributed by atoms with E-state index in [0.717, 1.165) is 12.8 Å². The van der Waals surface area contributed by atoms with Crippen LogP contribution in [-0.4, -0.2) is 41.1 Å². The molecule has 0 aliphatic heterocycles. The van der Waals surface area contributed by atoms with E-state index >= 15 is 0 Å². The number of amides is 1. The molecule has 186 valence electrons. The molecule has 1 amide bonds. The highest BCUT2D eigenvalue weighted by Crippen LogP contribution is 2.29. The van der Waals surface area contributed by atoms with E-state index in [9.17, 15) is 9.59 Å². The Hall–Kier alpha value is -4.13. The van der Waals surface area contributed by atoms with E-state index < -0.39 is 6.04 Å². The number of fused-ring (bicyclic) bond motifs is 1. The van der Waals surface area contributed by atoms with Crippen LogP contribution in [0.5, 0.6) is 11.5 Å². The van der Waals surface area contributed by atoms with Crippen LogP contribution in [0, 0.1) is 0 Å². The van der Waals surface area contributed by atoms with Crippen molar-refractivity contribution in [2.24, 2.45) is 0 Å². The van der Waals surface area contributed by atoms with Crippen molar-refractivity contribution in [2.75, 3.05) is 20.8 Å². The lowest BCUT2D eigenvalue weighted by atomic mass is 10.1. The average molecular weight is 486 g/mol. The third-order valence-electron chi connectivity index (χ3n) is 6.32. The predicted octanol–water partition coefficient (Wildman–Crippen LogP) is 5.41. The molecule has 1 heterocycles. The number of ether oxygens (including phenoxy) is 2. The maximum atomic E-state index is 13.8. The standard InChI is InChI=1S/C29H31N3O4/c1-5-6-19-31(28(33)21-15-17-22(35-3)18-16-21)20(2)27-30-24-12-8-7-11-23(24)29(34)32(27)25-13-9-10-14-26(25)36-4/h7-18,20H,5-6,19H2,1-4H3. The van der Waals surface area contributed by atoms with Crippen LogP contribution in [0.1, 0.15) is 48.9 Å². The smallest absolute Gasteiger partial charge is 0.266 e. The Morgan fingerprint density at radius 1 is 0.972 bits per heavy atom. The zero-order valence-corrected chi connectivity index (χ0v) is 21.1. The van der Waals surface area contributed by atoms with Crippen molar-refractivity contribution in [2.45, 2.75) is 32.7 Å². The van der Waals surface area contributed by atoms with Crippen LogP contribution in [0.2, 0.25) is 0 Å². The number of benzene rings is 3. The van der Waals surface area contributed by atoms with Gasteiger partial charge in [0, 0.05) is 12.1 Å². The molecule has 0 bridgehead atoms. The highest BCUT2D eigenvalue weighted by molar-refractivity contribution is 5.94. The van der Waals surface area contributed by atoms with Gasteiger partial charge in [-0.25, -0.2) is 4.98 Å². The maximum absolute atomic E-state index is 13.8. The highest BCUT2D eigenvalue weighted by atomic mass is 16.5. The summed E-state index contributed by atoms with van der Waals surface area (Å²) in [6.45, 7) is 4.52. The molecule has 0 aliphatic rings. The Bertz CT molecular complexity index is 1410. The second-order valence-electron chi connectivity index (χ2n) is 8.56. The van der Waals surface area contributed by atoms with Gasteiger partial charge in [-0.05, 0) is 61.9 Å². The van der Waals surface area contributed by atoms with Gasteiger partial charge in [-0.3, -0.25) is 14.2 Å². The third-order valence-corrected chi connectivity index (χ3v) is 6.32. The summed E-state index contributed by atoms with van der Waals surface area (Å²) in [5, 5.41) is 0.501. The minimum absolute atomic E-state index is 0.132. The molecule has 0 fully saturated rings. The van der Waals surface area contributed by atoms with Crippen molar-refractivity contribution < 1.29 is 14.3 Å². The lowest BCUT2D eigenvalue weighted by molar-refractivity contribution is 0.0678. The molecule has 0 saturated carbocycles. The Morgan fingerprint density at radius 2 is 1.67 bits per heavy atom. The first kappa shape index (κ1) is 25.0. The minimum Gasteiger partial charge on any atom is -0.497 e. The second-order valence-corrected chi connectivity index (χ2v) is 8.56. The van der Waals surface area contributed by atoms with Crippen LogP contribution in [0.25, 0.3) is 16.6 Å². The molecule has 7 nitrogen and oxygen atoms in total. The lowest BCUT2D eigenvalue weighted by Crippen LogP contribution is -2.38. The van der Waals surface area contributed by atoms with Crippen molar-refractivity contribution in [3.8, 4) is 17.2 Å². The zero-order valence-electron chi connectivity index (χ0n) is 21.1. The van der Waals surface area contributed by atoms with Crippen molar-refractivity contribution in [1.29, 1.82) is 0 Å². The van der Waals surface area contributed by atoms with E-state index in [1.807, 2.05) is 49.4 Å². The molecule has 3 aromatic carbocycles. The van der Waals surface area contributed by atoms with Crippen LogP contribution in [0.15, 0.2) is 77.6 Å². The van der Waals surface area contributed by atoms with Crippen molar-refractivity contribution in [3.05, 3.63) is 94.5 Å². The Labute approximate surface area is 210 Å². The fourth-order valence-corrected chi connectivity index (χ4v) is 4.32. The van der Waals surface area contributed by atoms with Gasteiger partial charge in [0.05, 0.1) is 36.9 Å². The molecule has 36 heavy (non-hydrogen) atoms. The number of unbranched alkanes of at least 4 members (excludes halogenated alkanes) is 1. The number of para-hydroxylation sites is 3. The van der Waals surface area contributed by atoms with Gasteiger partial charge in [0.25, 0.3) is 11.5 Å². The lowest BCUT2D eigenvalue weighted by Gasteiger charge is -2.31. The molecule has 4 rings (SSSR count). The summed E-state index contributed by atoms with van der Waals surface area (Å²) in [6.07, 6.45) is 1.74. The second kappa shape index (κ2) is 11.1. The molecule has 1 aromatic heterocycles. The van der Waals surface area contributed by atoms with Gasteiger partial charge < -0.3 is 14.4 Å². The van der Waals surface area contributed by atoms with E-state index in [1.54, 1.807) is 54.0 Å². The van der Waals surface area contributed by atoms with Crippen molar-refractivity contribution in [1.82, 2.24) is 14.5 Å². The maximum Gasteiger partial charge on any atom is 0.266 e. The molecule has 7 heteroatoms. The minimum atomic E-state index is -0.492. The first-order valence-electron chi connectivity index (χ1n) is 12.1. The third kappa shape index (κ3) is 4.82. The largest absolute Gasteiger partial charge is 0.497 e. The fraction of sp³-hybridized carbons (Fsp3) is 0.276. The number of hydrogen-bond acceptors (Lipinski definition) is 5. The molecule has 0 saturated heterocycles. The molecule has 0 radical (unpaired) electrons. The molecule has 1 atom stereocenters. The van der Waals surface area contributed by atoms with E-state index in [2.05, 4.69) is 6.92 Å². The van der Waals surface area contributed by atoms with Gasteiger partial charge in [0.2, 0.25) is 0 Å². The predicted molar refractivity (Wildman–Crippen MR) is 141 cm³/mol. The van der Waals surface area contributed by atoms with E-state index in [4.69, 9.17) is 14.5 Å². The number of hydrogen-bond donors (Lipinski definition) is 0. The summed E-state index contributed by atoms with van der Waals surface area (Å²) in [6, 6.07) is 21.2. The van der Waals surface area contributed by atoms with Crippen LogP contribution in [-0.2, 0) is 0 Å². The molecule has 1 unspecified atom stereocenters. The summed E-state index contributed by atoms with van der Waals surface area (Å²) in [5.41, 5.74) is 1.50. The SMILES string of the molecule is CCCCN(C(=O)c1ccc(OC)cc1)C(C)c1nc2ccccc2c(=O)n1-c1ccccc1OC. The molecule has 0 spiro atoms. The van der Waals surface area contributed by atoms with Gasteiger partial charge in [-0.2, -0.15) is 0 Å². The summed E-state index contributed by atoms with van der Waals surface area (Å²) in [7, 11) is 3.16. The van der Waals surface area contributed by atoms with Crippen LogP contribution in [0.3, 0.4) is 0 Å². The molecular formula is C29H31N3O4. The van der Waals surface area contributed by atoms with E-state index in [-0.39, 0.29) is 11.5 Å². The normalized spacial score (nSPS) is 11.8. The molecule has 0 aliphatic carbocycles. The molecular weight excluding hydrogens is 454 g/mol. The monoisotopic (exact) mass is 485 g/mol. The first-order chi connectivity index (χ1) is 17.5. The Morgan fingerprint density at radius 3 is 2.36 bits per heavy atom. The zero-order chi connectivity index (χ0) is 25.7. The van der Waals surface area contributed by atoms with Crippen molar-refractivity contribution >= 4 is 16.8 Å². The van der Waals surface area contributed by atoms with Gasteiger partial charge in [0.15, 0.2) is 0 Å². The van der Waals surface area contributed by atoms with Gasteiger partial charge in [-0.15, -0.1) is 0 Å². The van der Waals surface area contributed by atoms with Crippen LogP contribution < -0.4 is 15.0 Å². The number of rotatable bonds is 9. The summed E-state index contributed by atoms with van der Waals surface area (Å²) in [5.74, 6) is 1.57. The number of carbonyl (C=O) groups is 1. The van der Waals surface area contributed by atoms with Crippen LogP contribution in [0.4, 0.5) is 0 Å². The van der Waals surface area contributed by atoms with E-state index in [1.165, 1.54) is 0 Å². The van der Waals surface area contributed by atoms with Gasteiger partial charge in [0.1, 0.15) is 17.3 Å². The Kier molecular flexibility index (Phi) is 7.68. The summed E-state index contributed by atoms with van der Waals surface area (Å²) < 4.78 is 12.4. The summed E-state index contributed by atoms with van der Waals surface area (Å²) in [4.78, 5) is 34.2. The molecule has 4 aromatic rings. The van der Waals surface area contributed by atoms with Crippen LogP contribution >= 0.6 is 0 Å². The topological polar surface area (TPSA) is 73.7 Å². The van der Waals surface area contributed by atoms with Gasteiger partial charge in [-0.1, -0.05) is 37.6 Å². The van der Waals surface area contributed by atoms with Crippen molar-refractivity contribution in [3.63, 3.8) is 0 Å². The Balaban J connectivity index is 1.90. The quantitative estimate of drug-likeness (QED) is 0.317. The highest BCUT2D eigenvalue weighted by Gasteiger charge is 2.28. The number of nitrogens with zero attached hydrogens (tertiary/aromatic N) is 3. The fourth-order valence-electron chi connectivity index (χ4n) is 4.32. The first-order valence-corrected chi connectivity index (χ1v) is 12.1. The number of carbonyl (C=O) groups excluding carboxylic acids is 1. The summed E-state index contributed by atoms with van der Waals surface area (Å²) >= 11 is 0. The number of methoxy groups -OCH3 is 2. The average Bonchev–Trinajstić information content (AvgIpc) is 2.93. The van der Waals surface area contributed by atoms with E-state index in [0.29, 0.717) is 46.0 Å². The number of aromatic nitrogens is 2.